The summed E-state index contributed by atoms with van der Waals surface area (Å²) in [6.07, 6.45) is 2.13. The number of anilines is 1. The molecule has 1 unspecified atom stereocenters. The van der Waals surface area contributed by atoms with Gasteiger partial charge in [0.15, 0.2) is 0 Å². The number of nitrogens with one attached hydrogen (secondary N) is 2. The molecule has 2 heterocycles. The first-order chi connectivity index (χ1) is 13.3. The third kappa shape index (κ3) is 3.38. The van der Waals surface area contributed by atoms with Crippen molar-refractivity contribution < 1.29 is 22.4 Å². The highest BCUT2D eigenvalue weighted by Crippen LogP contribution is 2.34. The van der Waals surface area contributed by atoms with Crippen molar-refractivity contribution in [3.05, 3.63) is 59.9 Å². The summed E-state index contributed by atoms with van der Waals surface area (Å²) in [5, 5.41) is 2.97. The predicted molar refractivity (Wildman–Crippen MR) is 103 cm³/mol. The van der Waals surface area contributed by atoms with Crippen molar-refractivity contribution in [3.8, 4) is 0 Å². The Bertz CT molecular complexity index is 1180. The van der Waals surface area contributed by atoms with Crippen LogP contribution in [0.1, 0.15) is 29.9 Å². The molecule has 2 amide bonds. The molecular formula is C20H18N2O5S. The first kappa shape index (κ1) is 18.2. The number of sulfonamides is 1. The van der Waals surface area contributed by atoms with Gasteiger partial charge in [-0.05, 0) is 43.7 Å². The maximum Gasteiger partial charge on any atom is 0.261 e. The molecule has 1 fully saturated rings. The standard InChI is InChI=1S/C20H18N2O5S/c1-12-2-5-14(6-3-12)28(25,26)22-13-4-8-18-16(10-13)17(11-27-18)15-7-9-19(23)21-20(15)24/h2-6,8,10-11,15,22H,7,9H2,1H3,(H,21,23,24). The highest BCUT2D eigenvalue weighted by atomic mass is 32.2. The van der Waals surface area contributed by atoms with Gasteiger partial charge in [-0.3, -0.25) is 19.6 Å². The number of carbonyl (C=O) groups is 2. The van der Waals surface area contributed by atoms with Gasteiger partial charge in [-0.15, -0.1) is 0 Å². The molecule has 7 nitrogen and oxygen atoms in total. The zero-order valence-corrected chi connectivity index (χ0v) is 15.9. The van der Waals surface area contributed by atoms with E-state index in [9.17, 15) is 18.0 Å². The summed E-state index contributed by atoms with van der Waals surface area (Å²) < 4.78 is 33.3. The summed E-state index contributed by atoms with van der Waals surface area (Å²) in [4.78, 5) is 23.7. The van der Waals surface area contributed by atoms with E-state index in [0.717, 1.165) is 5.56 Å². The van der Waals surface area contributed by atoms with Gasteiger partial charge >= 0.3 is 0 Å². The summed E-state index contributed by atoms with van der Waals surface area (Å²) in [5.74, 6) is -1.17. The number of aryl methyl sites for hydroxylation is 1. The quantitative estimate of drug-likeness (QED) is 0.657. The first-order valence-electron chi connectivity index (χ1n) is 8.78. The number of piperidine rings is 1. The molecule has 4 rings (SSSR count). The molecule has 1 atom stereocenters. The number of benzene rings is 2. The molecule has 0 saturated carbocycles. The second-order valence-corrected chi connectivity index (χ2v) is 8.51. The van der Waals surface area contributed by atoms with Crippen LogP contribution in [-0.2, 0) is 19.6 Å². The van der Waals surface area contributed by atoms with Gasteiger partial charge in [0.1, 0.15) is 5.58 Å². The number of hydrogen-bond donors (Lipinski definition) is 2. The Balaban J connectivity index is 1.67. The molecular weight excluding hydrogens is 380 g/mol. The third-order valence-corrected chi connectivity index (χ3v) is 6.20. The van der Waals surface area contributed by atoms with E-state index >= 15 is 0 Å². The Morgan fingerprint density at radius 3 is 2.57 bits per heavy atom. The predicted octanol–water partition coefficient (Wildman–Crippen LogP) is 3.06. The van der Waals surface area contributed by atoms with E-state index in [1.807, 2.05) is 6.92 Å². The van der Waals surface area contributed by atoms with E-state index in [1.165, 1.54) is 6.26 Å². The van der Waals surface area contributed by atoms with E-state index in [2.05, 4.69) is 10.0 Å². The smallest absolute Gasteiger partial charge is 0.261 e. The number of rotatable bonds is 4. The molecule has 0 radical (unpaired) electrons. The van der Waals surface area contributed by atoms with Gasteiger partial charge in [-0.2, -0.15) is 0 Å². The second kappa shape index (κ2) is 6.79. The Kier molecular flexibility index (Phi) is 4.43. The molecule has 144 valence electrons. The van der Waals surface area contributed by atoms with Crippen LogP contribution in [0.2, 0.25) is 0 Å². The second-order valence-electron chi connectivity index (χ2n) is 6.82. The molecule has 0 spiro atoms. The van der Waals surface area contributed by atoms with Gasteiger partial charge in [-0.1, -0.05) is 17.7 Å². The topological polar surface area (TPSA) is 105 Å². The van der Waals surface area contributed by atoms with Crippen LogP contribution in [0.4, 0.5) is 5.69 Å². The van der Waals surface area contributed by atoms with Crippen LogP contribution < -0.4 is 10.0 Å². The number of imide groups is 1. The molecule has 3 aromatic rings. The monoisotopic (exact) mass is 398 g/mol. The summed E-state index contributed by atoms with van der Waals surface area (Å²) in [5.41, 5.74) is 2.50. The van der Waals surface area contributed by atoms with Gasteiger partial charge in [0.25, 0.3) is 10.0 Å². The maximum absolute atomic E-state index is 12.6. The fourth-order valence-corrected chi connectivity index (χ4v) is 4.35. The van der Waals surface area contributed by atoms with Crippen LogP contribution in [-0.4, -0.2) is 20.2 Å². The van der Waals surface area contributed by atoms with Crippen LogP contribution >= 0.6 is 0 Å². The van der Waals surface area contributed by atoms with Crippen LogP contribution in [0.15, 0.2) is 58.0 Å². The Morgan fingerprint density at radius 1 is 1.11 bits per heavy atom. The van der Waals surface area contributed by atoms with Crippen molar-refractivity contribution in [1.82, 2.24) is 5.32 Å². The van der Waals surface area contributed by atoms with Crippen LogP contribution in [0, 0.1) is 6.92 Å². The summed E-state index contributed by atoms with van der Waals surface area (Å²) in [6.45, 7) is 1.88. The van der Waals surface area contributed by atoms with Gasteiger partial charge in [-0.25, -0.2) is 8.42 Å². The van der Waals surface area contributed by atoms with Gasteiger partial charge in [0.2, 0.25) is 11.8 Å². The molecule has 8 heteroatoms. The molecule has 1 aromatic heterocycles. The van der Waals surface area contributed by atoms with Crippen molar-refractivity contribution in [1.29, 1.82) is 0 Å². The highest BCUT2D eigenvalue weighted by molar-refractivity contribution is 7.92. The molecule has 1 aliphatic rings. The molecule has 2 aromatic carbocycles. The van der Waals surface area contributed by atoms with E-state index in [4.69, 9.17) is 4.42 Å². The van der Waals surface area contributed by atoms with Gasteiger partial charge in [0.05, 0.1) is 17.1 Å². The normalized spacial score (nSPS) is 17.5. The van der Waals surface area contributed by atoms with E-state index in [1.54, 1.807) is 42.5 Å². The van der Waals surface area contributed by atoms with Crippen molar-refractivity contribution in [2.45, 2.75) is 30.6 Å². The summed E-state index contributed by atoms with van der Waals surface area (Å²) in [7, 11) is -3.74. The third-order valence-electron chi connectivity index (χ3n) is 4.80. The van der Waals surface area contributed by atoms with Crippen LogP contribution in [0.3, 0.4) is 0 Å². The Hall–Kier alpha value is -3.13. The minimum Gasteiger partial charge on any atom is -0.464 e. The number of fused-ring (bicyclic) bond motifs is 1. The maximum atomic E-state index is 12.6. The van der Waals surface area contributed by atoms with Crippen LogP contribution in [0.25, 0.3) is 11.0 Å². The van der Waals surface area contributed by atoms with Gasteiger partial charge < -0.3 is 4.42 Å². The fourth-order valence-electron chi connectivity index (χ4n) is 3.30. The molecule has 0 bridgehead atoms. The minimum atomic E-state index is -3.74. The Labute approximate surface area is 161 Å². The van der Waals surface area contributed by atoms with Crippen molar-refractivity contribution >= 4 is 38.5 Å². The minimum absolute atomic E-state index is 0.163. The number of amides is 2. The molecule has 1 saturated heterocycles. The van der Waals surface area contributed by atoms with E-state index < -0.39 is 15.9 Å². The van der Waals surface area contributed by atoms with Crippen molar-refractivity contribution in [3.63, 3.8) is 0 Å². The lowest BCUT2D eigenvalue weighted by atomic mass is 9.90. The average molecular weight is 398 g/mol. The van der Waals surface area contributed by atoms with E-state index in [0.29, 0.717) is 28.6 Å². The molecule has 0 aliphatic carbocycles. The van der Waals surface area contributed by atoms with Crippen molar-refractivity contribution in [2.75, 3.05) is 4.72 Å². The fraction of sp³-hybridized carbons (Fsp3) is 0.200. The molecule has 28 heavy (non-hydrogen) atoms. The summed E-state index contributed by atoms with van der Waals surface area (Å²) in [6, 6.07) is 11.4. The number of furan rings is 1. The largest absolute Gasteiger partial charge is 0.464 e. The lowest BCUT2D eigenvalue weighted by molar-refractivity contribution is -0.134. The average Bonchev–Trinajstić information content (AvgIpc) is 3.05. The lowest BCUT2D eigenvalue weighted by Crippen LogP contribution is -2.39. The zero-order valence-electron chi connectivity index (χ0n) is 15.1. The summed E-state index contributed by atoms with van der Waals surface area (Å²) >= 11 is 0. The Morgan fingerprint density at radius 2 is 1.86 bits per heavy atom. The van der Waals surface area contributed by atoms with Crippen molar-refractivity contribution in [2.24, 2.45) is 0 Å². The zero-order chi connectivity index (χ0) is 19.9. The number of carbonyl (C=O) groups excluding carboxylic acids is 2. The van der Waals surface area contributed by atoms with Crippen LogP contribution in [0.5, 0.6) is 0 Å². The number of hydrogen-bond acceptors (Lipinski definition) is 5. The lowest BCUT2D eigenvalue weighted by Gasteiger charge is -2.20. The highest BCUT2D eigenvalue weighted by Gasteiger charge is 2.30. The molecule has 1 aliphatic heterocycles. The first-order valence-corrected chi connectivity index (χ1v) is 10.3. The van der Waals surface area contributed by atoms with Gasteiger partial charge in [0, 0.05) is 23.1 Å². The SMILES string of the molecule is Cc1ccc(S(=O)(=O)Nc2ccc3occ(C4CCC(=O)NC4=O)c3c2)cc1. The molecule has 2 N–H and O–H groups in total. The van der Waals surface area contributed by atoms with E-state index in [-0.39, 0.29) is 23.1 Å².